The van der Waals surface area contributed by atoms with E-state index >= 15 is 0 Å². The van der Waals surface area contributed by atoms with Gasteiger partial charge in [0.05, 0.1) is 11.5 Å². The van der Waals surface area contributed by atoms with Gasteiger partial charge in [0.15, 0.2) is 0 Å². The molecule has 7 heteroatoms. The Morgan fingerprint density at radius 1 is 1.30 bits per heavy atom. The maximum Gasteiger partial charge on any atom is 0.243 e. The number of amides is 1. The van der Waals surface area contributed by atoms with Gasteiger partial charge in [0.25, 0.3) is 0 Å². The number of benzene rings is 1. The fraction of sp³-hybridized carbons (Fsp3) is 0.562. The lowest BCUT2D eigenvalue weighted by molar-refractivity contribution is -0.122. The molecule has 1 aliphatic rings. The van der Waals surface area contributed by atoms with Crippen molar-refractivity contribution in [3.05, 3.63) is 24.3 Å². The normalized spacial score (nSPS) is 19.7. The molecule has 1 unspecified atom stereocenters. The number of sulfonamides is 1. The van der Waals surface area contributed by atoms with Crippen molar-refractivity contribution >= 4 is 15.9 Å². The first-order chi connectivity index (χ1) is 10.8. The second-order valence-electron chi connectivity index (χ2n) is 6.21. The minimum absolute atomic E-state index is 0.155. The molecule has 23 heavy (non-hydrogen) atoms. The van der Waals surface area contributed by atoms with Gasteiger partial charge < -0.3 is 10.5 Å². The van der Waals surface area contributed by atoms with Crippen molar-refractivity contribution in [2.75, 3.05) is 13.2 Å². The molecule has 2 rings (SSSR count). The average Bonchev–Trinajstić information content (AvgIpc) is 2.53. The van der Waals surface area contributed by atoms with Gasteiger partial charge in [-0.25, -0.2) is 8.42 Å². The zero-order valence-electron chi connectivity index (χ0n) is 13.6. The van der Waals surface area contributed by atoms with Gasteiger partial charge in [-0.3, -0.25) is 4.79 Å². The van der Waals surface area contributed by atoms with Gasteiger partial charge >= 0.3 is 0 Å². The highest BCUT2D eigenvalue weighted by Crippen LogP contribution is 2.26. The topological polar surface area (TPSA) is 89.7 Å². The Bertz CT molecular complexity index is 641. The molecule has 0 saturated carbocycles. The molecule has 128 valence electrons. The van der Waals surface area contributed by atoms with Crippen LogP contribution in [0.3, 0.4) is 0 Å². The summed E-state index contributed by atoms with van der Waals surface area (Å²) in [6.45, 7) is 4.97. The predicted octanol–water partition coefficient (Wildman–Crippen LogP) is 1.75. The van der Waals surface area contributed by atoms with E-state index in [1.807, 2.05) is 13.8 Å². The fourth-order valence-corrected chi connectivity index (χ4v) is 4.25. The van der Waals surface area contributed by atoms with Crippen LogP contribution in [0.5, 0.6) is 5.75 Å². The summed E-state index contributed by atoms with van der Waals surface area (Å²) >= 11 is 0. The van der Waals surface area contributed by atoms with Crippen molar-refractivity contribution in [3.8, 4) is 5.75 Å². The Balaban J connectivity index is 2.19. The van der Waals surface area contributed by atoms with E-state index in [0.29, 0.717) is 31.2 Å². The van der Waals surface area contributed by atoms with Gasteiger partial charge in [-0.1, -0.05) is 20.3 Å². The summed E-state index contributed by atoms with van der Waals surface area (Å²) in [5, 5.41) is 0. The van der Waals surface area contributed by atoms with Crippen LogP contribution in [-0.2, 0) is 14.8 Å². The molecule has 1 fully saturated rings. The van der Waals surface area contributed by atoms with Crippen LogP contribution in [0.4, 0.5) is 0 Å². The van der Waals surface area contributed by atoms with Crippen molar-refractivity contribution in [1.29, 1.82) is 0 Å². The Morgan fingerprint density at radius 3 is 2.52 bits per heavy atom. The molecule has 0 radical (unpaired) electrons. The monoisotopic (exact) mass is 340 g/mol. The number of hydrogen-bond acceptors (Lipinski definition) is 4. The van der Waals surface area contributed by atoms with Crippen LogP contribution in [0, 0.1) is 5.92 Å². The third-order valence-corrected chi connectivity index (χ3v) is 5.72. The van der Waals surface area contributed by atoms with Crippen LogP contribution in [-0.4, -0.2) is 37.8 Å². The second-order valence-corrected chi connectivity index (χ2v) is 8.10. The van der Waals surface area contributed by atoms with Gasteiger partial charge in [-0.05, 0) is 43.0 Å². The zero-order chi connectivity index (χ0) is 17.0. The number of ether oxygens (including phenoxy) is 1. The molecule has 2 N–H and O–H groups in total. The zero-order valence-corrected chi connectivity index (χ0v) is 14.4. The van der Waals surface area contributed by atoms with Crippen molar-refractivity contribution in [2.45, 2.75) is 44.0 Å². The number of rotatable bonds is 6. The van der Waals surface area contributed by atoms with Crippen molar-refractivity contribution in [2.24, 2.45) is 11.7 Å². The highest BCUT2D eigenvalue weighted by molar-refractivity contribution is 7.89. The van der Waals surface area contributed by atoms with Crippen LogP contribution < -0.4 is 10.5 Å². The Kier molecular flexibility index (Phi) is 5.64. The number of hydrogen-bond donors (Lipinski definition) is 1. The molecule has 1 heterocycles. The highest BCUT2D eigenvalue weighted by Gasteiger charge is 2.36. The highest BCUT2D eigenvalue weighted by atomic mass is 32.2. The molecule has 1 atom stereocenters. The van der Waals surface area contributed by atoms with E-state index in [1.165, 1.54) is 16.4 Å². The Hall–Kier alpha value is -1.60. The molecule has 0 spiro atoms. The maximum absolute atomic E-state index is 12.8. The summed E-state index contributed by atoms with van der Waals surface area (Å²) in [5.74, 6) is 0.427. The van der Waals surface area contributed by atoms with Crippen molar-refractivity contribution < 1.29 is 17.9 Å². The number of carbonyl (C=O) groups is 1. The summed E-state index contributed by atoms with van der Waals surface area (Å²) in [4.78, 5) is 11.7. The van der Waals surface area contributed by atoms with E-state index in [4.69, 9.17) is 10.5 Å². The van der Waals surface area contributed by atoms with Crippen LogP contribution >= 0.6 is 0 Å². The van der Waals surface area contributed by atoms with Gasteiger partial charge in [-0.15, -0.1) is 0 Å². The van der Waals surface area contributed by atoms with E-state index < -0.39 is 22.0 Å². The third-order valence-electron chi connectivity index (χ3n) is 3.80. The number of nitrogens with zero attached hydrogens (tertiary/aromatic N) is 1. The molecular weight excluding hydrogens is 316 g/mol. The minimum atomic E-state index is -3.73. The minimum Gasteiger partial charge on any atom is -0.493 e. The van der Waals surface area contributed by atoms with Gasteiger partial charge in [0.1, 0.15) is 11.8 Å². The number of piperidine rings is 1. The lowest BCUT2D eigenvalue weighted by Gasteiger charge is -2.32. The molecule has 1 amide bonds. The third kappa shape index (κ3) is 4.23. The largest absolute Gasteiger partial charge is 0.493 e. The quantitative estimate of drug-likeness (QED) is 0.854. The first kappa shape index (κ1) is 17.7. The standard InChI is InChI=1S/C16H24N2O4S/c1-12(2)11-22-13-6-8-14(9-7-13)23(20,21)18-10-4-3-5-15(18)16(17)19/h6-9,12,15H,3-5,10-11H2,1-2H3,(H2,17,19). The second kappa shape index (κ2) is 7.31. The fourth-order valence-electron chi connectivity index (χ4n) is 2.58. The molecule has 6 nitrogen and oxygen atoms in total. The van der Waals surface area contributed by atoms with E-state index in [9.17, 15) is 13.2 Å². The molecule has 0 aliphatic carbocycles. The van der Waals surface area contributed by atoms with Gasteiger partial charge in [0.2, 0.25) is 15.9 Å². The van der Waals surface area contributed by atoms with E-state index in [-0.39, 0.29) is 4.90 Å². The molecule has 1 aliphatic heterocycles. The summed E-state index contributed by atoms with van der Waals surface area (Å²) in [6, 6.07) is 5.54. The van der Waals surface area contributed by atoms with Crippen molar-refractivity contribution in [3.63, 3.8) is 0 Å². The number of primary amides is 1. The molecule has 1 aromatic rings. The lowest BCUT2D eigenvalue weighted by Crippen LogP contribution is -2.50. The number of nitrogens with two attached hydrogens (primary N) is 1. The first-order valence-corrected chi connectivity index (χ1v) is 9.30. The molecule has 1 saturated heterocycles. The van der Waals surface area contributed by atoms with E-state index in [1.54, 1.807) is 12.1 Å². The SMILES string of the molecule is CC(C)COc1ccc(S(=O)(=O)N2CCCCC2C(N)=O)cc1. The molecule has 0 bridgehead atoms. The van der Waals surface area contributed by atoms with Crippen LogP contribution in [0.2, 0.25) is 0 Å². The maximum atomic E-state index is 12.8. The summed E-state index contributed by atoms with van der Waals surface area (Å²) in [6.07, 6.45) is 2.02. The lowest BCUT2D eigenvalue weighted by atomic mass is 10.0. The summed E-state index contributed by atoms with van der Waals surface area (Å²) in [7, 11) is -3.73. The van der Waals surface area contributed by atoms with E-state index in [0.717, 1.165) is 12.8 Å². The summed E-state index contributed by atoms with van der Waals surface area (Å²) in [5.41, 5.74) is 5.36. The molecule has 1 aromatic carbocycles. The van der Waals surface area contributed by atoms with E-state index in [2.05, 4.69) is 0 Å². The van der Waals surface area contributed by atoms with Gasteiger partial charge in [0, 0.05) is 6.54 Å². The van der Waals surface area contributed by atoms with Crippen LogP contribution in [0.15, 0.2) is 29.2 Å². The predicted molar refractivity (Wildman–Crippen MR) is 87.5 cm³/mol. The average molecular weight is 340 g/mol. The smallest absolute Gasteiger partial charge is 0.243 e. The molecule has 0 aromatic heterocycles. The van der Waals surface area contributed by atoms with Crippen molar-refractivity contribution in [1.82, 2.24) is 4.31 Å². The first-order valence-electron chi connectivity index (χ1n) is 7.86. The summed E-state index contributed by atoms with van der Waals surface area (Å²) < 4.78 is 32.3. The van der Waals surface area contributed by atoms with Crippen LogP contribution in [0.1, 0.15) is 33.1 Å². The number of carbonyl (C=O) groups excluding carboxylic acids is 1. The Labute approximate surface area is 137 Å². The molecular formula is C16H24N2O4S. The van der Waals surface area contributed by atoms with Crippen LogP contribution in [0.25, 0.3) is 0 Å². The van der Waals surface area contributed by atoms with Gasteiger partial charge in [-0.2, -0.15) is 4.31 Å². The Morgan fingerprint density at radius 2 is 1.96 bits per heavy atom.